The Balaban J connectivity index is 1.68. The van der Waals surface area contributed by atoms with Gasteiger partial charge >= 0.3 is 6.03 Å². The average molecular weight is 380 g/mol. The van der Waals surface area contributed by atoms with E-state index < -0.39 is 0 Å². The molecule has 3 amide bonds. The average Bonchev–Trinajstić information content (AvgIpc) is 2.74. The number of carbonyl (C=O) groups is 2. The summed E-state index contributed by atoms with van der Waals surface area (Å²) >= 11 is 0. The van der Waals surface area contributed by atoms with Crippen molar-refractivity contribution in [2.75, 3.05) is 19.6 Å². The fraction of sp³-hybridized carbons (Fsp3) is 0.391. The molecule has 1 aliphatic heterocycles. The minimum Gasteiger partial charge on any atom is -0.346 e. The Kier molecular flexibility index (Phi) is 6.69. The number of nitrogens with zero attached hydrogens (tertiary/aromatic N) is 1. The first-order chi connectivity index (χ1) is 13.6. The molecule has 1 heterocycles. The third-order valence-corrected chi connectivity index (χ3v) is 5.30. The van der Waals surface area contributed by atoms with Crippen LogP contribution in [0.5, 0.6) is 0 Å². The van der Waals surface area contributed by atoms with Gasteiger partial charge in [-0.1, -0.05) is 42.5 Å². The van der Waals surface area contributed by atoms with E-state index in [1.54, 1.807) is 0 Å². The lowest BCUT2D eigenvalue weighted by atomic mass is 9.89. The van der Waals surface area contributed by atoms with Crippen molar-refractivity contribution in [3.8, 4) is 0 Å². The third-order valence-electron chi connectivity index (χ3n) is 5.30. The summed E-state index contributed by atoms with van der Waals surface area (Å²) in [7, 11) is 0. The van der Waals surface area contributed by atoms with Gasteiger partial charge in [-0.05, 0) is 49.9 Å². The Bertz CT molecular complexity index is 807. The molecule has 3 rings (SSSR count). The van der Waals surface area contributed by atoms with Crippen molar-refractivity contribution in [3.63, 3.8) is 0 Å². The van der Waals surface area contributed by atoms with Crippen molar-refractivity contribution >= 4 is 11.9 Å². The first-order valence-electron chi connectivity index (χ1n) is 10.1. The molecule has 5 heteroatoms. The minimum absolute atomic E-state index is 0.00205. The molecular weight excluding hydrogens is 350 g/mol. The number of amides is 3. The second-order valence-corrected chi connectivity index (χ2v) is 7.35. The summed E-state index contributed by atoms with van der Waals surface area (Å²) in [4.78, 5) is 26.8. The standard InChI is InChI=1S/C23H29N3O2/c1-3-24-23(28)26-14-8-13-21(16-26)19-11-7-12-20(15-19)22(27)25-17(2)18-9-5-4-6-10-18/h4-7,9-12,15,17,21H,3,8,13-14,16H2,1-2H3,(H,24,28)(H,25,27). The van der Waals surface area contributed by atoms with Crippen LogP contribution in [0.25, 0.3) is 0 Å². The van der Waals surface area contributed by atoms with Gasteiger partial charge in [-0.2, -0.15) is 0 Å². The van der Waals surface area contributed by atoms with Crippen LogP contribution < -0.4 is 10.6 Å². The SMILES string of the molecule is CCNC(=O)N1CCCC(c2cccc(C(=O)NC(C)c3ccccc3)c2)C1. The highest BCUT2D eigenvalue weighted by atomic mass is 16.2. The van der Waals surface area contributed by atoms with Gasteiger partial charge in [0.05, 0.1) is 6.04 Å². The summed E-state index contributed by atoms with van der Waals surface area (Å²) in [6, 6.07) is 17.7. The summed E-state index contributed by atoms with van der Waals surface area (Å²) in [6.45, 7) is 6.03. The minimum atomic E-state index is -0.0744. The zero-order chi connectivity index (χ0) is 19.9. The Hall–Kier alpha value is -2.82. The zero-order valence-electron chi connectivity index (χ0n) is 16.7. The molecule has 5 nitrogen and oxygen atoms in total. The number of benzene rings is 2. The van der Waals surface area contributed by atoms with Crippen LogP contribution in [0.3, 0.4) is 0 Å². The molecule has 2 atom stereocenters. The van der Waals surface area contributed by atoms with Crippen LogP contribution in [0, 0.1) is 0 Å². The van der Waals surface area contributed by atoms with E-state index in [4.69, 9.17) is 0 Å². The number of nitrogens with one attached hydrogen (secondary N) is 2. The molecule has 28 heavy (non-hydrogen) atoms. The van der Waals surface area contributed by atoms with Crippen LogP contribution >= 0.6 is 0 Å². The molecule has 2 aromatic rings. The fourth-order valence-electron chi connectivity index (χ4n) is 3.74. The van der Waals surface area contributed by atoms with E-state index in [-0.39, 0.29) is 23.9 Å². The van der Waals surface area contributed by atoms with E-state index in [0.717, 1.165) is 30.5 Å². The maximum atomic E-state index is 12.7. The normalized spacial score (nSPS) is 17.6. The molecular formula is C23H29N3O2. The lowest BCUT2D eigenvalue weighted by molar-refractivity contribution is 0.0939. The first-order valence-corrected chi connectivity index (χ1v) is 10.1. The van der Waals surface area contributed by atoms with Gasteiger partial charge in [0.2, 0.25) is 0 Å². The molecule has 0 saturated carbocycles. The monoisotopic (exact) mass is 379 g/mol. The molecule has 2 unspecified atom stereocenters. The number of carbonyl (C=O) groups excluding carboxylic acids is 2. The van der Waals surface area contributed by atoms with Crippen LogP contribution in [0.2, 0.25) is 0 Å². The van der Waals surface area contributed by atoms with E-state index in [1.807, 2.05) is 67.3 Å². The van der Waals surface area contributed by atoms with E-state index >= 15 is 0 Å². The molecule has 148 valence electrons. The van der Waals surface area contributed by atoms with Gasteiger partial charge in [-0.15, -0.1) is 0 Å². The van der Waals surface area contributed by atoms with Gasteiger partial charge in [-0.3, -0.25) is 4.79 Å². The van der Waals surface area contributed by atoms with Crippen molar-refractivity contribution in [2.45, 2.75) is 38.6 Å². The number of likely N-dealkylation sites (tertiary alicyclic amines) is 1. The first kappa shape index (κ1) is 19.9. The number of urea groups is 1. The highest BCUT2D eigenvalue weighted by Crippen LogP contribution is 2.27. The van der Waals surface area contributed by atoms with Crippen LogP contribution in [-0.2, 0) is 0 Å². The van der Waals surface area contributed by atoms with Crippen molar-refractivity contribution < 1.29 is 9.59 Å². The highest BCUT2D eigenvalue weighted by Gasteiger charge is 2.25. The molecule has 0 aromatic heterocycles. The van der Waals surface area contributed by atoms with Gasteiger partial charge in [-0.25, -0.2) is 4.79 Å². The van der Waals surface area contributed by atoms with E-state index in [2.05, 4.69) is 16.7 Å². The highest BCUT2D eigenvalue weighted by molar-refractivity contribution is 5.94. The topological polar surface area (TPSA) is 61.4 Å². The Morgan fingerprint density at radius 3 is 2.68 bits per heavy atom. The van der Waals surface area contributed by atoms with Crippen molar-refractivity contribution in [3.05, 3.63) is 71.3 Å². The third kappa shape index (κ3) is 4.91. The van der Waals surface area contributed by atoms with Gasteiger partial charge in [0.15, 0.2) is 0 Å². The molecule has 0 aliphatic carbocycles. The molecule has 2 aromatic carbocycles. The smallest absolute Gasteiger partial charge is 0.317 e. The Labute approximate surface area is 167 Å². The Morgan fingerprint density at radius 2 is 1.93 bits per heavy atom. The molecule has 1 aliphatic rings. The maximum Gasteiger partial charge on any atom is 0.317 e. The molecule has 0 bridgehead atoms. The van der Waals surface area contributed by atoms with Crippen LogP contribution in [-0.4, -0.2) is 36.5 Å². The number of hydrogen-bond acceptors (Lipinski definition) is 2. The van der Waals surface area contributed by atoms with Crippen molar-refractivity contribution in [2.24, 2.45) is 0 Å². The van der Waals surface area contributed by atoms with Gasteiger partial charge in [0.25, 0.3) is 5.91 Å². The summed E-state index contributed by atoms with van der Waals surface area (Å²) in [6.07, 6.45) is 2.00. The number of piperidine rings is 1. The largest absolute Gasteiger partial charge is 0.346 e. The van der Waals surface area contributed by atoms with Gasteiger partial charge in [0.1, 0.15) is 0 Å². The van der Waals surface area contributed by atoms with Crippen LogP contribution in [0.15, 0.2) is 54.6 Å². The summed E-state index contributed by atoms with van der Waals surface area (Å²) < 4.78 is 0. The van der Waals surface area contributed by atoms with E-state index in [9.17, 15) is 9.59 Å². The Morgan fingerprint density at radius 1 is 1.14 bits per heavy atom. The summed E-state index contributed by atoms with van der Waals surface area (Å²) in [5.74, 6) is 0.185. The molecule has 1 fully saturated rings. The van der Waals surface area contributed by atoms with E-state index in [0.29, 0.717) is 18.7 Å². The van der Waals surface area contributed by atoms with Gasteiger partial charge in [0, 0.05) is 31.1 Å². The fourth-order valence-corrected chi connectivity index (χ4v) is 3.74. The molecule has 2 N–H and O–H groups in total. The zero-order valence-corrected chi connectivity index (χ0v) is 16.7. The predicted molar refractivity (Wildman–Crippen MR) is 111 cm³/mol. The second-order valence-electron chi connectivity index (χ2n) is 7.35. The summed E-state index contributed by atoms with van der Waals surface area (Å²) in [5.41, 5.74) is 2.86. The maximum absolute atomic E-state index is 12.7. The quantitative estimate of drug-likeness (QED) is 0.822. The lowest BCUT2D eigenvalue weighted by Gasteiger charge is -2.33. The summed E-state index contributed by atoms with van der Waals surface area (Å²) in [5, 5.41) is 5.95. The van der Waals surface area contributed by atoms with Crippen molar-refractivity contribution in [1.29, 1.82) is 0 Å². The molecule has 1 saturated heterocycles. The van der Waals surface area contributed by atoms with Crippen LogP contribution in [0.1, 0.15) is 60.1 Å². The predicted octanol–water partition coefficient (Wildman–Crippen LogP) is 4.09. The molecule has 0 spiro atoms. The van der Waals surface area contributed by atoms with Crippen molar-refractivity contribution in [1.82, 2.24) is 15.5 Å². The van der Waals surface area contributed by atoms with Crippen LogP contribution in [0.4, 0.5) is 4.79 Å². The van der Waals surface area contributed by atoms with E-state index in [1.165, 1.54) is 0 Å². The molecule has 0 radical (unpaired) electrons. The number of hydrogen-bond donors (Lipinski definition) is 2. The second kappa shape index (κ2) is 9.40. The number of rotatable bonds is 5. The van der Waals surface area contributed by atoms with Gasteiger partial charge < -0.3 is 15.5 Å². The lowest BCUT2D eigenvalue weighted by Crippen LogP contribution is -2.44.